The van der Waals surface area contributed by atoms with Crippen molar-refractivity contribution in [2.24, 2.45) is 11.8 Å². The SMILES string of the molecule is N#Cc1ccccc1N1C(=O)[C@@H]2C3c4ccccc4C(Cl)(c4ccccc43)[C@@H]2C1=O. The molecule has 7 rings (SSSR count). The molecule has 0 saturated carbocycles. The molecule has 3 aromatic rings. The molecular formula is C25H15ClN2O2. The number of halogens is 1. The summed E-state index contributed by atoms with van der Waals surface area (Å²) in [6.07, 6.45) is 0. The van der Waals surface area contributed by atoms with Crippen molar-refractivity contribution in [3.8, 4) is 6.07 Å². The van der Waals surface area contributed by atoms with Gasteiger partial charge in [0.2, 0.25) is 11.8 Å². The fourth-order valence-electron chi connectivity index (χ4n) is 5.68. The Morgan fingerprint density at radius 2 is 1.40 bits per heavy atom. The van der Waals surface area contributed by atoms with Crippen molar-refractivity contribution in [3.63, 3.8) is 0 Å². The molecule has 0 aromatic heterocycles. The molecule has 1 saturated heterocycles. The maximum atomic E-state index is 13.7. The minimum absolute atomic E-state index is 0.237. The van der Waals surface area contributed by atoms with E-state index in [1.165, 1.54) is 4.90 Å². The van der Waals surface area contributed by atoms with Crippen molar-refractivity contribution in [3.05, 3.63) is 101 Å². The van der Waals surface area contributed by atoms with E-state index in [0.29, 0.717) is 11.3 Å². The molecule has 3 aromatic carbocycles. The van der Waals surface area contributed by atoms with Crippen LogP contribution in [0.15, 0.2) is 72.8 Å². The molecule has 5 heteroatoms. The average Bonchev–Trinajstić information content (AvgIpc) is 3.05. The topological polar surface area (TPSA) is 61.2 Å². The van der Waals surface area contributed by atoms with Crippen LogP contribution in [0.4, 0.5) is 5.69 Å². The molecule has 3 aliphatic carbocycles. The van der Waals surface area contributed by atoms with E-state index in [1.54, 1.807) is 24.3 Å². The van der Waals surface area contributed by atoms with Gasteiger partial charge < -0.3 is 0 Å². The Hall–Kier alpha value is -3.42. The van der Waals surface area contributed by atoms with Gasteiger partial charge >= 0.3 is 0 Å². The van der Waals surface area contributed by atoms with E-state index in [2.05, 4.69) is 6.07 Å². The van der Waals surface area contributed by atoms with Crippen molar-refractivity contribution in [2.45, 2.75) is 10.8 Å². The second-order valence-electron chi connectivity index (χ2n) is 8.01. The fourth-order valence-corrected chi connectivity index (χ4v) is 6.25. The maximum absolute atomic E-state index is 13.7. The van der Waals surface area contributed by atoms with E-state index in [0.717, 1.165) is 22.3 Å². The highest BCUT2D eigenvalue weighted by Gasteiger charge is 2.68. The van der Waals surface area contributed by atoms with Crippen LogP contribution in [0.5, 0.6) is 0 Å². The molecule has 0 radical (unpaired) electrons. The van der Waals surface area contributed by atoms with E-state index in [9.17, 15) is 14.9 Å². The first-order valence-electron chi connectivity index (χ1n) is 9.83. The number of amides is 2. The van der Waals surface area contributed by atoms with Gasteiger partial charge in [-0.3, -0.25) is 9.59 Å². The number of hydrogen-bond donors (Lipinski definition) is 0. The number of nitrogens with zero attached hydrogens (tertiary/aromatic N) is 2. The number of para-hydroxylation sites is 1. The molecular weight excluding hydrogens is 396 g/mol. The lowest BCUT2D eigenvalue weighted by Gasteiger charge is -2.50. The maximum Gasteiger partial charge on any atom is 0.240 e. The highest BCUT2D eigenvalue weighted by Crippen LogP contribution is 2.65. The zero-order valence-corrected chi connectivity index (χ0v) is 16.5. The van der Waals surface area contributed by atoms with Gasteiger partial charge in [0.25, 0.3) is 0 Å². The van der Waals surface area contributed by atoms with Crippen molar-refractivity contribution < 1.29 is 9.59 Å². The van der Waals surface area contributed by atoms with E-state index in [1.807, 2.05) is 48.5 Å². The third-order valence-corrected chi connectivity index (χ3v) is 7.42. The Balaban J connectivity index is 1.63. The van der Waals surface area contributed by atoms with Gasteiger partial charge in [-0.25, -0.2) is 4.90 Å². The van der Waals surface area contributed by atoms with Crippen LogP contribution >= 0.6 is 11.6 Å². The standard InChI is InChI=1S/C25H15ClN2O2/c26-25-17-10-4-2-8-15(17)20(16-9-3-5-11-18(16)25)21-22(25)24(30)28(23(21)29)19-12-6-1-7-14(19)13-27/h1-12,20-22H/t20?,21-,22+,25?/m1/s1. The van der Waals surface area contributed by atoms with Crippen LogP contribution < -0.4 is 4.90 Å². The van der Waals surface area contributed by atoms with Crippen molar-refractivity contribution in [2.75, 3.05) is 4.90 Å². The van der Waals surface area contributed by atoms with Crippen LogP contribution in [0.3, 0.4) is 0 Å². The zero-order chi connectivity index (χ0) is 20.6. The van der Waals surface area contributed by atoms with Gasteiger partial charge in [-0.2, -0.15) is 5.26 Å². The Kier molecular flexibility index (Phi) is 3.38. The lowest BCUT2D eigenvalue weighted by Crippen LogP contribution is -2.50. The third kappa shape index (κ3) is 1.87. The van der Waals surface area contributed by atoms with Crippen LogP contribution in [0, 0.1) is 23.2 Å². The van der Waals surface area contributed by atoms with Crippen LogP contribution in [0.2, 0.25) is 0 Å². The molecule has 0 unspecified atom stereocenters. The Bertz CT molecular complexity index is 1260. The second-order valence-corrected chi connectivity index (χ2v) is 8.60. The van der Waals surface area contributed by atoms with Gasteiger partial charge in [0.15, 0.2) is 0 Å². The predicted molar refractivity (Wildman–Crippen MR) is 112 cm³/mol. The summed E-state index contributed by atoms with van der Waals surface area (Å²) in [6, 6.07) is 24.5. The molecule has 1 heterocycles. The molecule has 0 N–H and O–H groups in total. The van der Waals surface area contributed by atoms with Crippen LogP contribution in [-0.2, 0) is 14.5 Å². The van der Waals surface area contributed by atoms with E-state index < -0.39 is 16.7 Å². The number of carbonyl (C=O) groups excluding carboxylic acids is 2. The summed E-state index contributed by atoms with van der Waals surface area (Å²) in [4.78, 5) is 27.5. The van der Waals surface area contributed by atoms with Crippen molar-refractivity contribution in [1.82, 2.24) is 0 Å². The number of carbonyl (C=O) groups is 2. The predicted octanol–water partition coefficient (Wildman–Crippen LogP) is 4.31. The molecule has 2 amide bonds. The quantitative estimate of drug-likeness (QED) is 0.443. The minimum Gasteiger partial charge on any atom is -0.274 e. The first kappa shape index (κ1) is 17.4. The summed E-state index contributed by atoms with van der Waals surface area (Å²) in [5, 5.41) is 9.54. The lowest BCUT2D eigenvalue weighted by atomic mass is 9.54. The Morgan fingerprint density at radius 3 is 2.03 bits per heavy atom. The first-order chi connectivity index (χ1) is 14.6. The summed E-state index contributed by atoms with van der Waals surface area (Å²) in [5.41, 5.74) is 4.43. The molecule has 4 nitrogen and oxygen atoms in total. The number of benzene rings is 3. The van der Waals surface area contributed by atoms with Gasteiger partial charge in [-0.1, -0.05) is 60.7 Å². The first-order valence-corrected chi connectivity index (χ1v) is 10.2. The number of anilines is 1. The van der Waals surface area contributed by atoms with E-state index in [-0.39, 0.29) is 17.7 Å². The average molecular weight is 411 g/mol. The fraction of sp³-hybridized carbons (Fsp3) is 0.160. The smallest absolute Gasteiger partial charge is 0.240 e. The number of imide groups is 1. The number of hydrogen-bond acceptors (Lipinski definition) is 3. The molecule has 1 fully saturated rings. The second kappa shape index (κ2) is 5.81. The summed E-state index contributed by atoms with van der Waals surface area (Å²) >= 11 is 7.38. The minimum atomic E-state index is -1.12. The van der Waals surface area contributed by atoms with Gasteiger partial charge in [-0.05, 0) is 34.4 Å². The highest BCUT2D eigenvalue weighted by atomic mass is 35.5. The molecule has 0 spiro atoms. The van der Waals surface area contributed by atoms with Gasteiger partial charge in [0.1, 0.15) is 10.9 Å². The van der Waals surface area contributed by atoms with Gasteiger partial charge in [0.05, 0.1) is 23.1 Å². The molecule has 1 aliphatic heterocycles. The molecule has 2 bridgehead atoms. The van der Waals surface area contributed by atoms with Crippen LogP contribution in [-0.4, -0.2) is 11.8 Å². The third-order valence-electron chi connectivity index (χ3n) is 6.78. The van der Waals surface area contributed by atoms with Crippen molar-refractivity contribution >= 4 is 29.1 Å². The lowest BCUT2D eigenvalue weighted by molar-refractivity contribution is -0.122. The molecule has 4 aliphatic rings. The summed E-state index contributed by atoms with van der Waals surface area (Å²) in [7, 11) is 0. The van der Waals surface area contributed by atoms with Gasteiger partial charge in [-0.15, -0.1) is 11.6 Å². The van der Waals surface area contributed by atoms with Crippen molar-refractivity contribution in [1.29, 1.82) is 5.26 Å². The number of rotatable bonds is 1. The molecule has 30 heavy (non-hydrogen) atoms. The zero-order valence-electron chi connectivity index (χ0n) is 15.7. The van der Waals surface area contributed by atoms with E-state index >= 15 is 0 Å². The van der Waals surface area contributed by atoms with Gasteiger partial charge in [0, 0.05) is 5.92 Å². The number of alkyl halides is 1. The number of nitriles is 1. The monoisotopic (exact) mass is 410 g/mol. The summed E-state index contributed by atoms with van der Waals surface area (Å²) in [6.45, 7) is 0. The molecule has 2 atom stereocenters. The largest absolute Gasteiger partial charge is 0.274 e. The summed E-state index contributed by atoms with van der Waals surface area (Å²) < 4.78 is 0. The Morgan fingerprint density at radius 1 is 0.833 bits per heavy atom. The van der Waals surface area contributed by atoms with Crippen LogP contribution in [0.1, 0.15) is 33.7 Å². The highest BCUT2D eigenvalue weighted by molar-refractivity contribution is 6.33. The van der Waals surface area contributed by atoms with Crippen LogP contribution in [0.25, 0.3) is 0 Å². The summed E-state index contributed by atoms with van der Waals surface area (Å²) in [5.74, 6) is -2.16. The Labute approximate surface area is 178 Å². The molecule has 144 valence electrons. The normalized spacial score (nSPS) is 28.0. The van der Waals surface area contributed by atoms with E-state index in [4.69, 9.17) is 11.6 Å².